The fourth-order valence-corrected chi connectivity index (χ4v) is 1.39. The molecule has 1 heterocycles. The highest BCUT2D eigenvalue weighted by Crippen LogP contribution is 2.05. The summed E-state index contributed by atoms with van der Waals surface area (Å²) in [4.78, 5) is 0. The third kappa shape index (κ3) is 2.67. The van der Waals surface area contributed by atoms with Crippen LogP contribution in [0.15, 0.2) is 0 Å². The molecule has 0 aromatic heterocycles. The molecule has 0 aromatic carbocycles. The number of hydrogen-bond donors (Lipinski definition) is 2. The molecule has 1 aliphatic rings. The lowest BCUT2D eigenvalue weighted by Gasteiger charge is -2.25. The monoisotopic (exact) mass is 142 g/mol. The molecule has 0 radical (unpaired) electrons. The second-order valence-electron chi connectivity index (χ2n) is 4.08. The van der Waals surface area contributed by atoms with Crippen molar-refractivity contribution in [1.29, 1.82) is 0 Å². The van der Waals surface area contributed by atoms with Crippen molar-refractivity contribution in [3.05, 3.63) is 0 Å². The van der Waals surface area contributed by atoms with Crippen LogP contribution in [0, 0.1) is 0 Å². The minimum atomic E-state index is 0.274. The van der Waals surface area contributed by atoms with E-state index in [4.69, 9.17) is 0 Å². The van der Waals surface area contributed by atoms with Gasteiger partial charge in [0.2, 0.25) is 0 Å². The van der Waals surface area contributed by atoms with E-state index in [1.165, 1.54) is 13.0 Å². The van der Waals surface area contributed by atoms with Gasteiger partial charge < -0.3 is 10.6 Å². The van der Waals surface area contributed by atoms with Gasteiger partial charge in [0.1, 0.15) is 0 Å². The van der Waals surface area contributed by atoms with Crippen LogP contribution in [-0.2, 0) is 0 Å². The van der Waals surface area contributed by atoms with Gasteiger partial charge in [0.25, 0.3) is 0 Å². The van der Waals surface area contributed by atoms with Crippen LogP contribution in [-0.4, -0.2) is 24.7 Å². The summed E-state index contributed by atoms with van der Waals surface area (Å²) in [5.74, 6) is 0. The zero-order chi connectivity index (χ0) is 7.61. The number of hydrogen-bond acceptors (Lipinski definition) is 2. The van der Waals surface area contributed by atoms with Gasteiger partial charge >= 0.3 is 0 Å². The molecule has 1 saturated heterocycles. The molecule has 2 N–H and O–H groups in total. The van der Waals surface area contributed by atoms with Crippen molar-refractivity contribution in [1.82, 2.24) is 10.6 Å². The smallest absolute Gasteiger partial charge is 0.0209 e. The predicted molar refractivity (Wildman–Crippen MR) is 44.2 cm³/mol. The Kier molecular flexibility index (Phi) is 2.32. The predicted octanol–water partition coefficient (Wildman–Crippen LogP) is 0.736. The van der Waals surface area contributed by atoms with Crippen LogP contribution in [0.3, 0.4) is 0 Å². The SMILES string of the molecule is CC(C)(C)N[C@@H]1CCNC1. The molecule has 1 fully saturated rings. The van der Waals surface area contributed by atoms with Gasteiger partial charge in [-0.3, -0.25) is 0 Å². The third-order valence-electron chi connectivity index (χ3n) is 1.70. The summed E-state index contributed by atoms with van der Waals surface area (Å²) < 4.78 is 0. The summed E-state index contributed by atoms with van der Waals surface area (Å²) in [7, 11) is 0. The Morgan fingerprint density at radius 3 is 2.50 bits per heavy atom. The number of nitrogens with one attached hydrogen (secondary N) is 2. The van der Waals surface area contributed by atoms with E-state index in [-0.39, 0.29) is 5.54 Å². The molecular formula is C8H18N2. The molecule has 0 saturated carbocycles. The first-order valence-corrected chi connectivity index (χ1v) is 4.06. The van der Waals surface area contributed by atoms with Crippen LogP contribution >= 0.6 is 0 Å². The lowest BCUT2D eigenvalue weighted by atomic mass is 10.1. The van der Waals surface area contributed by atoms with Crippen LogP contribution in [0.4, 0.5) is 0 Å². The van der Waals surface area contributed by atoms with Gasteiger partial charge in [0, 0.05) is 18.1 Å². The molecule has 0 amide bonds. The molecule has 10 heavy (non-hydrogen) atoms. The molecule has 0 bridgehead atoms. The van der Waals surface area contributed by atoms with Crippen LogP contribution in [0.2, 0.25) is 0 Å². The minimum absolute atomic E-state index is 0.274. The van der Waals surface area contributed by atoms with Crippen molar-refractivity contribution in [2.45, 2.75) is 38.8 Å². The first-order chi connectivity index (χ1) is 4.58. The number of rotatable bonds is 1. The third-order valence-corrected chi connectivity index (χ3v) is 1.70. The molecule has 2 nitrogen and oxygen atoms in total. The van der Waals surface area contributed by atoms with E-state index in [9.17, 15) is 0 Å². The van der Waals surface area contributed by atoms with Gasteiger partial charge in [0.05, 0.1) is 0 Å². The Morgan fingerprint density at radius 2 is 2.10 bits per heavy atom. The van der Waals surface area contributed by atoms with Crippen molar-refractivity contribution in [3.8, 4) is 0 Å². The zero-order valence-electron chi connectivity index (χ0n) is 7.20. The van der Waals surface area contributed by atoms with Crippen LogP contribution in [0.5, 0.6) is 0 Å². The summed E-state index contributed by atoms with van der Waals surface area (Å²) in [6, 6.07) is 0.694. The van der Waals surface area contributed by atoms with Gasteiger partial charge in [-0.15, -0.1) is 0 Å². The molecule has 2 heteroatoms. The van der Waals surface area contributed by atoms with Crippen molar-refractivity contribution in [2.75, 3.05) is 13.1 Å². The van der Waals surface area contributed by atoms with E-state index in [1.54, 1.807) is 0 Å². The summed E-state index contributed by atoms with van der Waals surface area (Å²) in [6.07, 6.45) is 1.28. The second kappa shape index (κ2) is 2.89. The summed E-state index contributed by atoms with van der Waals surface area (Å²) in [5.41, 5.74) is 0.274. The average Bonchev–Trinajstić information content (AvgIpc) is 2.12. The summed E-state index contributed by atoms with van der Waals surface area (Å²) >= 11 is 0. The van der Waals surface area contributed by atoms with Gasteiger partial charge in [-0.25, -0.2) is 0 Å². The Bertz CT molecular complexity index is 98.3. The van der Waals surface area contributed by atoms with Crippen molar-refractivity contribution < 1.29 is 0 Å². The fourth-order valence-electron chi connectivity index (χ4n) is 1.39. The van der Waals surface area contributed by atoms with E-state index in [1.807, 2.05) is 0 Å². The maximum absolute atomic E-state index is 3.56. The van der Waals surface area contributed by atoms with E-state index >= 15 is 0 Å². The molecule has 0 unspecified atom stereocenters. The maximum Gasteiger partial charge on any atom is 0.0209 e. The zero-order valence-corrected chi connectivity index (χ0v) is 7.20. The highest BCUT2D eigenvalue weighted by Gasteiger charge is 2.19. The fraction of sp³-hybridized carbons (Fsp3) is 1.00. The molecule has 0 spiro atoms. The van der Waals surface area contributed by atoms with Crippen molar-refractivity contribution >= 4 is 0 Å². The van der Waals surface area contributed by atoms with Crippen LogP contribution in [0.25, 0.3) is 0 Å². The average molecular weight is 142 g/mol. The van der Waals surface area contributed by atoms with Crippen molar-refractivity contribution in [3.63, 3.8) is 0 Å². The Balaban J connectivity index is 2.24. The minimum Gasteiger partial charge on any atom is -0.315 e. The van der Waals surface area contributed by atoms with Crippen LogP contribution < -0.4 is 10.6 Å². The van der Waals surface area contributed by atoms with Gasteiger partial charge in [-0.1, -0.05) is 0 Å². The summed E-state index contributed by atoms with van der Waals surface area (Å²) in [5, 5.41) is 6.89. The molecule has 1 atom stereocenters. The van der Waals surface area contributed by atoms with Gasteiger partial charge in [0.15, 0.2) is 0 Å². The lowest BCUT2D eigenvalue weighted by Crippen LogP contribution is -2.44. The second-order valence-corrected chi connectivity index (χ2v) is 4.08. The van der Waals surface area contributed by atoms with E-state index in [2.05, 4.69) is 31.4 Å². The maximum atomic E-state index is 3.56. The first kappa shape index (κ1) is 8.02. The topological polar surface area (TPSA) is 24.1 Å². The highest BCUT2D eigenvalue weighted by atomic mass is 15.1. The van der Waals surface area contributed by atoms with E-state index in [0.717, 1.165) is 6.54 Å². The molecule has 60 valence electrons. The largest absolute Gasteiger partial charge is 0.315 e. The van der Waals surface area contributed by atoms with Crippen molar-refractivity contribution in [2.24, 2.45) is 0 Å². The molecule has 0 aromatic rings. The Hall–Kier alpha value is -0.0800. The van der Waals surface area contributed by atoms with Gasteiger partial charge in [-0.2, -0.15) is 0 Å². The Labute approximate surface area is 63.4 Å². The molecule has 0 aliphatic carbocycles. The molecule has 1 aliphatic heterocycles. The van der Waals surface area contributed by atoms with E-state index in [0.29, 0.717) is 6.04 Å². The quantitative estimate of drug-likeness (QED) is 0.564. The standard InChI is InChI=1S/C8H18N2/c1-8(2,3)10-7-4-5-9-6-7/h7,9-10H,4-6H2,1-3H3/t7-/m1/s1. The highest BCUT2D eigenvalue weighted by molar-refractivity contribution is 4.83. The first-order valence-electron chi connectivity index (χ1n) is 4.06. The molecular weight excluding hydrogens is 124 g/mol. The summed E-state index contributed by atoms with van der Waals surface area (Å²) in [6.45, 7) is 8.95. The lowest BCUT2D eigenvalue weighted by molar-refractivity contribution is 0.371. The normalized spacial score (nSPS) is 27.3. The van der Waals surface area contributed by atoms with Gasteiger partial charge in [-0.05, 0) is 33.7 Å². The Morgan fingerprint density at radius 1 is 1.40 bits per heavy atom. The van der Waals surface area contributed by atoms with E-state index < -0.39 is 0 Å². The molecule has 1 rings (SSSR count). The van der Waals surface area contributed by atoms with Crippen LogP contribution in [0.1, 0.15) is 27.2 Å².